The predicted octanol–water partition coefficient (Wildman–Crippen LogP) is 6.07. The van der Waals surface area contributed by atoms with Crippen molar-refractivity contribution in [3.63, 3.8) is 0 Å². The highest BCUT2D eigenvalue weighted by Gasteiger charge is 2.61. The third-order valence-electron chi connectivity index (χ3n) is 6.95. The number of aliphatic hydroxyl groups is 1. The molecule has 0 aromatic heterocycles. The van der Waals surface area contributed by atoms with Crippen molar-refractivity contribution in [3.05, 3.63) is 69.5 Å². The second-order valence-electron chi connectivity index (χ2n) is 9.94. The number of alkyl halides is 3. The summed E-state index contributed by atoms with van der Waals surface area (Å²) >= 11 is 0. The summed E-state index contributed by atoms with van der Waals surface area (Å²) in [6.45, 7) is 7.13. The van der Waals surface area contributed by atoms with Crippen molar-refractivity contribution in [2.24, 2.45) is 11.1 Å². The Morgan fingerprint density at radius 3 is 2.44 bits per heavy atom. The molecule has 1 N–H and O–H groups in total. The fourth-order valence-electron chi connectivity index (χ4n) is 4.97. The maximum absolute atomic E-state index is 14.8. The van der Waals surface area contributed by atoms with Gasteiger partial charge < -0.3 is 9.94 Å². The molecule has 1 aliphatic heterocycles. The first-order valence-electron chi connectivity index (χ1n) is 11.2. The number of aryl methyl sites for hydroxylation is 3. The number of hydrogen-bond acceptors (Lipinski definition) is 4. The Balaban J connectivity index is 1.46. The van der Waals surface area contributed by atoms with Gasteiger partial charge in [-0.1, -0.05) is 28.9 Å². The molecule has 0 bridgehead atoms. The maximum atomic E-state index is 14.8. The van der Waals surface area contributed by atoms with Gasteiger partial charge in [0.1, 0.15) is 5.82 Å². The van der Waals surface area contributed by atoms with E-state index in [0.717, 1.165) is 11.1 Å². The van der Waals surface area contributed by atoms with Gasteiger partial charge in [-0.2, -0.15) is 13.2 Å². The third kappa shape index (κ3) is 4.24. The Morgan fingerprint density at radius 1 is 1.15 bits per heavy atom. The summed E-state index contributed by atoms with van der Waals surface area (Å²) in [7, 11) is 0. The number of Topliss-reactive ketones (excluding diaryl/α,β-unsaturated/α-hetero) is 1. The summed E-state index contributed by atoms with van der Waals surface area (Å²) in [5, 5.41) is 13.8. The predicted molar refractivity (Wildman–Crippen MR) is 119 cm³/mol. The molecule has 1 heterocycles. The molecule has 34 heavy (non-hydrogen) atoms. The summed E-state index contributed by atoms with van der Waals surface area (Å²) in [6.07, 6.45) is -5.30. The van der Waals surface area contributed by atoms with E-state index >= 15 is 0 Å². The molecule has 4 nitrogen and oxygen atoms in total. The molecule has 0 spiro atoms. The molecule has 0 radical (unpaired) electrons. The molecule has 0 saturated heterocycles. The number of ketones is 1. The highest BCUT2D eigenvalue weighted by atomic mass is 19.4. The summed E-state index contributed by atoms with van der Waals surface area (Å²) < 4.78 is 53.3. The van der Waals surface area contributed by atoms with E-state index in [9.17, 15) is 27.5 Å². The van der Waals surface area contributed by atoms with Gasteiger partial charge in [0, 0.05) is 24.0 Å². The largest absolute Gasteiger partial charge is 0.417 e. The van der Waals surface area contributed by atoms with Crippen LogP contribution in [-0.4, -0.2) is 28.4 Å². The van der Waals surface area contributed by atoms with Crippen LogP contribution < -0.4 is 0 Å². The molecule has 1 atom stereocenters. The molecule has 1 saturated carbocycles. The number of carbonyl (C=O) groups is 1. The lowest BCUT2D eigenvalue weighted by Gasteiger charge is -2.44. The second-order valence-corrected chi connectivity index (χ2v) is 9.94. The first-order valence-corrected chi connectivity index (χ1v) is 11.2. The normalized spacial score (nSPS) is 26.6. The minimum absolute atomic E-state index is 0.0489. The topological polar surface area (TPSA) is 58.9 Å². The summed E-state index contributed by atoms with van der Waals surface area (Å²) in [5.74, 6) is -1.08. The number of benzene rings is 2. The Kier molecular flexibility index (Phi) is 5.87. The SMILES string of the molecule is Cc1cc(C)c(F)c(C2(C)CC(c3ccc(C(=O)CC4CC(O)(C(F)(F)F)C4)c(C)c3)=NO2)c1. The van der Waals surface area contributed by atoms with Gasteiger partial charge in [-0.15, -0.1) is 0 Å². The Hall–Kier alpha value is -2.74. The Morgan fingerprint density at radius 2 is 1.82 bits per heavy atom. The highest BCUT2D eigenvalue weighted by molar-refractivity contribution is 6.04. The molecule has 2 aliphatic rings. The van der Waals surface area contributed by atoms with Crippen LogP contribution in [0, 0.1) is 32.5 Å². The van der Waals surface area contributed by atoms with E-state index in [0.29, 0.717) is 34.4 Å². The summed E-state index contributed by atoms with van der Waals surface area (Å²) in [6, 6.07) is 8.67. The molecule has 182 valence electrons. The molecular weight excluding hydrogens is 450 g/mol. The van der Waals surface area contributed by atoms with Crippen molar-refractivity contribution in [2.75, 3.05) is 0 Å². The average Bonchev–Trinajstić information content (AvgIpc) is 3.11. The number of halogens is 4. The van der Waals surface area contributed by atoms with E-state index in [1.165, 1.54) is 0 Å². The number of carbonyl (C=O) groups excluding carboxylic acids is 1. The standard InChI is InChI=1S/C26H27F4NO3/c1-14-7-16(3)23(27)20(8-14)24(4)13-21(31-34-24)18-5-6-19(15(2)9-18)22(32)10-17-11-25(33,12-17)26(28,29)30/h5-9,17,33H,10-13H2,1-4H3. The van der Waals surface area contributed by atoms with E-state index in [1.54, 1.807) is 51.1 Å². The van der Waals surface area contributed by atoms with Crippen LogP contribution in [0.25, 0.3) is 0 Å². The number of hydrogen-bond donors (Lipinski definition) is 1. The third-order valence-corrected chi connectivity index (χ3v) is 6.95. The monoisotopic (exact) mass is 477 g/mol. The summed E-state index contributed by atoms with van der Waals surface area (Å²) in [5.41, 5.74) is 0.702. The van der Waals surface area contributed by atoms with Crippen LogP contribution >= 0.6 is 0 Å². The zero-order valence-electron chi connectivity index (χ0n) is 19.5. The number of nitrogens with zero attached hydrogens (tertiary/aromatic N) is 1. The van der Waals surface area contributed by atoms with Crippen molar-refractivity contribution >= 4 is 11.5 Å². The van der Waals surface area contributed by atoms with Crippen molar-refractivity contribution in [3.8, 4) is 0 Å². The van der Waals surface area contributed by atoms with E-state index in [-0.39, 0.29) is 18.0 Å². The smallest absolute Gasteiger partial charge is 0.384 e. The van der Waals surface area contributed by atoms with Gasteiger partial charge in [0.2, 0.25) is 0 Å². The minimum atomic E-state index is -4.68. The number of oxime groups is 1. The lowest BCUT2D eigenvalue weighted by molar-refractivity contribution is -0.298. The molecule has 1 unspecified atom stereocenters. The summed E-state index contributed by atoms with van der Waals surface area (Å²) in [4.78, 5) is 18.4. The van der Waals surface area contributed by atoms with Crippen LogP contribution in [0.3, 0.4) is 0 Å². The van der Waals surface area contributed by atoms with Crippen molar-refractivity contribution in [1.29, 1.82) is 0 Å². The molecule has 0 amide bonds. The first kappa shape index (κ1) is 24.4. The Bertz CT molecular complexity index is 1180. The van der Waals surface area contributed by atoms with Crippen LogP contribution in [0.1, 0.15) is 70.8 Å². The zero-order chi connectivity index (χ0) is 25.1. The van der Waals surface area contributed by atoms with Gasteiger partial charge in [0.25, 0.3) is 0 Å². The molecule has 4 rings (SSSR count). The van der Waals surface area contributed by atoms with Crippen LogP contribution in [0.2, 0.25) is 0 Å². The van der Waals surface area contributed by atoms with Crippen molar-refractivity contribution < 1.29 is 32.3 Å². The molecule has 8 heteroatoms. The van der Waals surface area contributed by atoms with Gasteiger partial charge in [-0.3, -0.25) is 4.79 Å². The molecule has 1 fully saturated rings. The van der Waals surface area contributed by atoms with Gasteiger partial charge >= 0.3 is 6.18 Å². The van der Waals surface area contributed by atoms with Gasteiger partial charge in [0.05, 0.1) is 5.71 Å². The highest BCUT2D eigenvalue weighted by Crippen LogP contribution is 2.50. The van der Waals surface area contributed by atoms with E-state index in [1.807, 2.05) is 6.92 Å². The van der Waals surface area contributed by atoms with Gasteiger partial charge in [0.15, 0.2) is 17.0 Å². The van der Waals surface area contributed by atoms with Gasteiger partial charge in [-0.25, -0.2) is 4.39 Å². The van der Waals surface area contributed by atoms with E-state index in [4.69, 9.17) is 4.84 Å². The average molecular weight is 477 g/mol. The molecule has 2 aromatic rings. The maximum Gasteiger partial charge on any atom is 0.417 e. The van der Waals surface area contributed by atoms with Crippen molar-refractivity contribution in [2.45, 2.75) is 70.8 Å². The lowest BCUT2D eigenvalue weighted by atomic mass is 9.68. The Labute approximate surface area is 195 Å². The van der Waals surface area contributed by atoms with E-state index in [2.05, 4.69) is 5.16 Å². The molecular formula is C26H27F4NO3. The fourth-order valence-corrected chi connectivity index (χ4v) is 4.97. The van der Waals surface area contributed by atoms with Crippen LogP contribution in [-0.2, 0) is 10.4 Å². The lowest BCUT2D eigenvalue weighted by Crippen LogP contribution is -2.55. The van der Waals surface area contributed by atoms with Gasteiger partial charge in [-0.05, 0) is 75.3 Å². The number of rotatable bonds is 5. The van der Waals surface area contributed by atoms with Crippen molar-refractivity contribution in [1.82, 2.24) is 0 Å². The quantitative estimate of drug-likeness (QED) is 0.420. The minimum Gasteiger partial charge on any atom is -0.384 e. The first-order chi connectivity index (χ1) is 15.7. The fraction of sp³-hybridized carbons (Fsp3) is 0.462. The second kappa shape index (κ2) is 8.18. The zero-order valence-corrected chi connectivity index (χ0v) is 19.5. The van der Waals surface area contributed by atoms with Crippen LogP contribution in [0.5, 0.6) is 0 Å². The van der Waals surface area contributed by atoms with Crippen LogP contribution in [0.15, 0.2) is 35.5 Å². The van der Waals surface area contributed by atoms with Crippen LogP contribution in [0.4, 0.5) is 17.6 Å². The molecule has 2 aromatic carbocycles. The molecule has 1 aliphatic carbocycles. The van der Waals surface area contributed by atoms with E-state index < -0.39 is 36.1 Å².